The molecule has 1 unspecified atom stereocenters. The maximum absolute atomic E-state index is 12.3. The van der Waals surface area contributed by atoms with E-state index in [2.05, 4.69) is 34.1 Å². The fourth-order valence-corrected chi connectivity index (χ4v) is 2.53. The highest BCUT2D eigenvalue weighted by Gasteiger charge is 2.20. The molecule has 0 aromatic carbocycles. The number of hydrogen-bond acceptors (Lipinski definition) is 4. The first-order valence-electron chi connectivity index (χ1n) is 7.24. The third-order valence-corrected chi connectivity index (χ3v) is 3.79. The van der Waals surface area contributed by atoms with Crippen LogP contribution in [-0.4, -0.2) is 53.7 Å². The van der Waals surface area contributed by atoms with Gasteiger partial charge in [-0.2, -0.15) is 0 Å². The monoisotopic (exact) mass is 287 g/mol. The Morgan fingerprint density at radius 1 is 1.57 bits per heavy atom. The van der Waals surface area contributed by atoms with Crippen LogP contribution in [0.4, 0.5) is 0 Å². The summed E-state index contributed by atoms with van der Waals surface area (Å²) in [5.74, 6) is 5.17. The van der Waals surface area contributed by atoms with E-state index in [9.17, 15) is 4.79 Å². The molecule has 1 aliphatic rings. The molecule has 2 N–H and O–H groups in total. The van der Waals surface area contributed by atoms with Gasteiger partial charge in [-0.05, 0) is 32.5 Å². The van der Waals surface area contributed by atoms with Gasteiger partial charge in [0.2, 0.25) is 0 Å². The van der Waals surface area contributed by atoms with E-state index in [1.807, 2.05) is 0 Å². The second-order valence-corrected chi connectivity index (χ2v) is 5.22. The zero-order valence-electron chi connectivity index (χ0n) is 12.3. The van der Waals surface area contributed by atoms with Gasteiger partial charge >= 0.3 is 0 Å². The van der Waals surface area contributed by atoms with E-state index in [-0.39, 0.29) is 12.5 Å². The largest absolute Gasteiger partial charge is 0.384 e. The number of aromatic nitrogens is 1. The van der Waals surface area contributed by atoms with E-state index >= 15 is 0 Å². The van der Waals surface area contributed by atoms with E-state index in [0.717, 1.165) is 13.0 Å². The minimum Gasteiger partial charge on any atom is -0.384 e. The van der Waals surface area contributed by atoms with Crippen molar-refractivity contribution >= 4 is 5.91 Å². The van der Waals surface area contributed by atoms with Crippen molar-refractivity contribution < 1.29 is 9.90 Å². The average molecular weight is 287 g/mol. The van der Waals surface area contributed by atoms with Crippen molar-refractivity contribution in [2.24, 2.45) is 0 Å². The molecule has 1 aromatic heterocycles. The highest BCUT2D eigenvalue weighted by atomic mass is 16.2. The van der Waals surface area contributed by atoms with Crippen molar-refractivity contribution in [1.29, 1.82) is 0 Å². The van der Waals surface area contributed by atoms with Crippen LogP contribution in [0.5, 0.6) is 0 Å². The van der Waals surface area contributed by atoms with Crippen molar-refractivity contribution in [3.8, 4) is 11.8 Å². The Morgan fingerprint density at radius 3 is 3.19 bits per heavy atom. The Morgan fingerprint density at radius 2 is 2.43 bits per heavy atom. The van der Waals surface area contributed by atoms with Gasteiger partial charge in [0.1, 0.15) is 6.61 Å². The normalized spacial score (nSPS) is 18.7. The predicted molar refractivity (Wildman–Crippen MR) is 80.8 cm³/mol. The third-order valence-electron chi connectivity index (χ3n) is 3.79. The van der Waals surface area contributed by atoms with Gasteiger partial charge in [-0.3, -0.25) is 9.78 Å². The number of likely N-dealkylation sites (tertiary alicyclic amines) is 1. The number of hydrogen-bond donors (Lipinski definition) is 2. The molecule has 1 saturated heterocycles. The molecule has 112 valence electrons. The van der Waals surface area contributed by atoms with Crippen LogP contribution in [0.3, 0.4) is 0 Å². The summed E-state index contributed by atoms with van der Waals surface area (Å²) in [6.07, 6.45) is 6.68. The summed E-state index contributed by atoms with van der Waals surface area (Å²) in [5.41, 5.74) is 1.05. The Bertz CT molecular complexity index is 548. The number of likely N-dealkylation sites (N-methyl/N-ethyl adjacent to an activating group) is 1. The summed E-state index contributed by atoms with van der Waals surface area (Å²) in [6, 6.07) is 2.05. The van der Waals surface area contributed by atoms with Crippen LogP contribution in [0.25, 0.3) is 0 Å². The summed E-state index contributed by atoms with van der Waals surface area (Å²) in [6.45, 7) is 1.50. The first kappa shape index (κ1) is 15.5. The maximum Gasteiger partial charge on any atom is 0.252 e. The Hall–Kier alpha value is -1.90. The first-order valence-corrected chi connectivity index (χ1v) is 7.24. The van der Waals surface area contributed by atoms with Crippen molar-refractivity contribution in [2.75, 3.05) is 26.7 Å². The molecule has 0 spiro atoms. The lowest BCUT2D eigenvalue weighted by Gasteiger charge is -2.32. The molecule has 1 atom stereocenters. The summed E-state index contributed by atoms with van der Waals surface area (Å²) < 4.78 is 0. The average Bonchev–Trinajstić information content (AvgIpc) is 2.52. The van der Waals surface area contributed by atoms with Crippen molar-refractivity contribution in [3.05, 3.63) is 29.6 Å². The van der Waals surface area contributed by atoms with Gasteiger partial charge in [0.05, 0.1) is 11.1 Å². The van der Waals surface area contributed by atoms with E-state index < -0.39 is 0 Å². The highest BCUT2D eigenvalue weighted by Crippen LogP contribution is 2.14. The van der Waals surface area contributed by atoms with Gasteiger partial charge in [-0.1, -0.05) is 18.3 Å². The number of aliphatic hydroxyl groups is 1. The Balaban J connectivity index is 2.00. The fourth-order valence-electron chi connectivity index (χ4n) is 2.53. The fraction of sp³-hybridized carbons (Fsp3) is 0.500. The molecular weight excluding hydrogens is 266 g/mol. The topological polar surface area (TPSA) is 65.5 Å². The third kappa shape index (κ3) is 4.28. The minimum atomic E-state index is -0.233. The predicted octanol–water partition coefficient (Wildman–Crippen LogP) is 0.639. The SMILES string of the molecule is CN1CCCCC1CNC(=O)c1ccncc1C#CCO. The van der Waals surface area contributed by atoms with Gasteiger partial charge in [0, 0.05) is 25.0 Å². The van der Waals surface area contributed by atoms with E-state index in [1.54, 1.807) is 18.5 Å². The van der Waals surface area contributed by atoms with Gasteiger partial charge < -0.3 is 15.3 Å². The van der Waals surface area contributed by atoms with Crippen LogP contribution < -0.4 is 5.32 Å². The van der Waals surface area contributed by atoms with Crippen molar-refractivity contribution in [1.82, 2.24) is 15.2 Å². The zero-order chi connectivity index (χ0) is 15.1. The number of amides is 1. The standard InChI is InChI=1S/C16H21N3O2/c1-19-9-3-2-6-14(19)12-18-16(21)15-7-8-17-11-13(15)5-4-10-20/h7-8,11,14,20H,2-3,6,9-10,12H2,1H3,(H,18,21). The maximum atomic E-state index is 12.3. The molecule has 0 bridgehead atoms. The zero-order valence-corrected chi connectivity index (χ0v) is 12.3. The van der Waals surface area contributed by atoms with E-state index in [0.29, 0.717) is 23.7 Å². The molecule has 1 amide bonds. The van der Waals surface area contributed by atoms with Crippen LogP contribution in [0, 0.1) is 11.8 Å². The second-order valence-electron chi connectivity index (χ2n) is 5.22. The van der Waals surface area contributed by atoms with Crippen LogP contribution in [0.15, 0.2) is 18.5 Å². The lowest BCUT2D eigenvalue weighted by Crippen LogP contribution is -2.44. The van der Waals surface area contributed by atoms with E-state index in [4.69, 9.17) is 5.11 Å². The summed E-state index contributed by atoms with van der Waals surface area (Å²) >= 11 is 0. The molecule has 0 radical (unpaired) electrons. The van der Waals surface area contributed by atoms with Gasteiger partial charge in [0.15, 0.2) is 0 Å². The molecule has 1 fully saturated rings. The quantitative estimate of drug-likeness (QED) is 0.801. The molecule has 0 aliphatic carbocycles. The molecular formula is C16H21N3O2. The Labute approximate surface area is 125 Å². The number of carbonyl (C=O) groups excluding carboxylic acids is 1. The van der Waals surface area contributed by atoms with Gasteiger partial charge in [0.25, 0.3) is 5.91 Å². The molecule has 5 heteroatoms. The number of nitrogens with one attached hydrogen (secondary N) is 1. The molecule has 1 aromatic rings. The van der Waals surface area contributed by atoms with Crippen LogP contribution in [-0.2, 0) is 0 Å². The number of aliphatic hydroxyl groups excluding tert-OH is 1. The highest BCUT2D eigenvalue weighted by molar-refractivity contribution is 5.96. The molecule has 0 saturated carbocycles. The first-order chi connectivity index (χ1) is 10.2. The number of pyridine rings is 1. The second kappa shape index (κ2) is 7.77. The number of piperidine rings is 1. The van der Waals surface area contributed by atoms with Crippen LogP contribution >= 0.6 is 0 Å². The summed E-state index contributed by atoms with van der Waals surface area (Å²) in [5, 5.41) is 11.7. The molecule has 2 heterocycles. The summed E-state index contributed by atoms with van der Waals surface area (Å²) in [7, 11) is 2.10. The van der Waals surface area contributed by atoms with Gasteiger partial charge in [-0.15, -0.1) is 0 Å². The smallest absolute Gasteiger partial charge is 0.252 e. The number of nitrogens with zero attached hydrogens (tertiary/aromatic N) is 2. The van der Waals surface area contributed by atoms with Crippen molar-refractivity contribution in [2.45, 2.75) is 25.3 Å². The lowest BCUT2D eigenvalue weighted by molar-refractivity contribution is 0.0928. The minimum absolute atomic E-state index is 0.140. The number of carbonyl (C=O) groups is 1. The van der Waals surface area contributed by atoms with Crippen LogP contribution in [0.2, 0.25) is 0 Å². The Kier molecular flexibility index (Phi) is 5.73. The molecule has 1 aliphatic heterocycles. The molecule has 5 nitrogen and oxygen atoms in total. The van der Waals surface area contributed by atoms with Crippen LogP contribution in [0.1, 0.15) is 35.2 Å². The molecule has 2 rings (SSSR count). The van der Waals surface area contributed by atoms with E-state index in [1.165, 1.54) is 12.8 Å². The molecule has 21 heavy (non-hydrogen) atoms. The summed E-state index contributed by atoms with van der Waals surface area (Å²) in [4.78, 5) is 18.6. The van der Waals surface area contributed by atoms with Gasteiger partial charge in [-0.25, -0.2) is 0 Å². The van der Waals surface area contributed by atoms with Crippen molar-refractivity contribution in [3.63, 3.8) is 0 Å². The lowest BCUT2D eigenvalue weighted by atomic mass is 10.0. The number of rotatable bonds is 3.